The molecule has 1 unspecified atom stereocenters. The van der Waals surface area contributed by atoms with E-state index in [4.69, 9.17) is 0 Å². The van der Waals surface area contributed by atoms with Gasteiger partial charge in [0.2, 0.25) is 0 Å². The maximum Gasteiger partial charge on any atom is 0.0334 e. The lowest BCUT2D eigenvalue weighted by molar-refractivity contribution is 0.0421. The Bertz CT molecular complexity index is 395. The maximum absolute atomic E-state index is 3.84. The molecule has 0 bridgehead atoms. The molecule has 20 heavy (non-hydrogen) atoms. The van der Waals surface area contributed by atoms with Crippen LogP contribution < -0.4 is 5.32 Å². The van der Waals surface area contributed by atoms with Gasteiger partial charge in [-0.3, -0.25) is 4.90 Å². The minimum Gasteiger partial charge on any atom is -0.311 e. The van der Waals surface area contributed by atoms with Gasteiger partial charge in [-0.15, -0.1) is 0 Å². The molecule has 1 N–H and O–H groups in total. The lowest BCUT2D eigenvalue weighted by Crippen LogP contribution is -2.63. The van der Waals surface area contributed by atoms with Crippen molar-refractivity contribution in [2.75, 3.05) is 19.6 Å². The van der Waals surface area contributed by atoms with E-state index in [1.54, 1.807) is 0 Å². The van der Waals surface area contributed by atoms with Crippen molar-refractivity contribution in [2.45, 2.75) is 63.5 Å². The Kier molecular flexibility index (Phi) is 4.79. The lowest BCUT2D eigenvalue weighted by atomic mass is 9.89. The van der Waals surface area contributed by atoms with Crippen LogP contribution in [0.1, 0.15) is 51.0 Å². The van der Waals surface area contributed by atoms with Gasteiger partial charge in [-0.25, -0.2) is 0 Å². The van der Waals surface area contributed by atoms with Gasteiger partial charge in [-0.1, -0.05) is 26.2 Å². The van der Waals surface area contributed by atoms with Crippen LogP contribution in [0.15, 0.2) is 16.8 Å². The molecule has 1 atom stereocenters. The Morgan fingerprint density at radius 3 is 2.95 bits per heavy atom. The zero-order chi connectivity index (χ0) is 13.8. The second kappa shape index (κ2) is 6.59. The highest BCUT2D eigenvalue weighted by atomic mass is 32.1. The summed E-state index contributed by atoms with van der Waals surface area (Å²) in [5, 5.41) is 8.36. The van der Waals surface area contributed by atoms with E-state index in [1.165, 1.54) is 70.1 Å². The lowest BCUT2D eigenvalue weighted by Gasteiger charge is -2.48. The quantitative estimate of drug-likeness (QED) is 0.890. The Labute approximate surface area is 127 Å². The maximum atomic E-state index is 3.84. The summed E-state index contributed by atoms with van der Waals surface area (Å²) in [4.78, 5) is 2.84. The van der Waals surface area contributed by atoms with Gasteiger partial charge in [0, 0.05) is 31.2 Å². The molecule has 2 aliphatic rings. The fourth-order valence-corrected chi connectivity index (χ4v) is 4.77. The molecule has 2 fully saturated rings. The summed E-state index contributed by atoms with van der Waals surface area (Å²) in [5.41, 5.74) is 2.01. The van der Waals surface area contributed by atoms with Crippen molar-refractivity contribution in [2.24, 2.45) is 0 Å². The molecule has 2 nitrogen and oxygen atoms in total. The fourth-order valence-electron chi connectivity index (χ4n) is 4.07. The first-order valence-corrected chi connectivity index (χ1v) is 9.26. The minimum absolute atomic E-state index is 0.486. The number of rotatable bonds is 5. The summed E-state index contributed by atoms with van der Waals surface area (Å²) in [6.07, 6.45) is 9.51. The normalized spacial score (nSPS) is 26.4. The highest BCUT2D eigenvalue weighted by Gasteiger charge is 2.42. The van der Waals surface area contributed by atoms with E-state index in [9.17, 15) is 0 Å². The van der Waals surface area contributed by atoms with Gasteiger partial charge in [-0.05, 0) is 48.1 Å². The van der Waals surface area contributed by atoms with Crippen LogP contribution in [-0.4, -0.2) is 36.1 Å². The zero-order valence-electron chi connectivity index (χ0n) is 12.7. The largest absolute Gasteiger partial charge is 0.311 e. The van der Waals surface area contributed by atoms with Gasteiger partial charge >= 0.3 is 0 Å². The molecule has 3 rings (SSSR count). The molecule has 3 heteroatoms. The summed E-state index contributed by atoms with van der Waals surface area (Å²) < 4.78 is 0. The van der Waals surface area contributed by atoms with Crippen LogP contribution in [0.25, 0.3) is 0 Å². The van der Waals surface area contributed by atoms with E-state index in [-0.39, 0.29) is 0 Å². The third-order valence-electron chi connectivity index (χ3n) is 5.25. The molecule has 1 aromatic heterocycles. The first kappa shape index (κ1) is 14.6. The monoisotopic (exact) mass is 292 g/mol. The summed E-state index contributed by atoms with van der Waals surface area (Å²) >= 11 is 1.83. The van der Waals surface area contributed by atoms with Crippen molar-refractivity contribution in [3.8, 4) is 0 Å². The molecular formula is C17H28N2S. The predicted molar refractivity (Wildman–Crippen MR) is 87.5 cm³/mol. The molecular weight excluding hydrogens is 264 g/mol. The van der Waals surface area contributed by atoms with Gasteiger partial charge in [0.25, 0.3) is 0 Å². The highest BCUT2D eigenvalue weighted by molar-refractivity contribution is 7.07. The molecule has 112 valence electrons. The average Bonchev–Trinajstić information content (AvgIpc) is 3.12. The Hall–Kier alpha value is -0.380. The predicted octanol–water partition coefficient (Wildman–Crippen LogP) is 3.68. The Balaban J connectivity index is 1.64. The second-order valence-corrected chi connectivity index (χ2v) is 7.41. The van der Waals surface area contributed by atoms with Gasteiger partial charge in [0.05, 0.1) is 0 Å². The number of thiophene rings is 1. The van der Waals surface area contributed by atoms with Crippen molar-refractivity contribution < 1.29 is 0 Å². The third-order valence-corrected chi connectivity index (χ3v) is 5.99. The van der Waals surface area contributed by atoms with Crippen molar-refractivity contribution >= 4 is 11.3 Å². The van der Waals surface area contributed by atoms with Crippen LogP contribution in [0.5, 0.6) is 0 Å². The Morgan fingerprint density at radius 2 is 2.25 bits per heavy atom. The smallest absolute Gasteiger partial charge is 0.0334 e. The van der Waals surface area contributed by atoms with E-state index in [2.05, 4.69) is 34.0 Å². The summed E-state index contributed by atoms with van der Waals surface area (Å²) in [6, 6.07) is 3.01. The third kappa shape index (κ3) is 3.10. The number of piperazine rings is 1. The molecule has 0 radical (unpaired) electrons. The average molecular weight is 292 g/mol. The van der Waals surface area contributed by atoms with Gasteiger partial charge < -0.3 is 5.32 Å². The van der Waals surface area contributed by atoms with E-state index in [0.29, 0.717) is 11.6 Å². The van der Waals surface area contributed by atoms with E-state index in [0.717, 1.165) is 0 Å². The van der Waals surface area contributed by atoms with Gasteiger partial charge in [-0.2, -0.15) is 11.3 Å². The van der Waals surface area contributed by atoms with Gasteiger partial charge in [0.15, 0.2) is 0 Å². The number of nitrogens with zero attached hydrogens (tertiary/aromatic N) is 1. The van der Waals surface area contributed by atoms with Crippen molar-refractivity contribution in [3.63, 3.8) is 0 Å². The first-order valence-electron chi connectivity index (χ1n) is 8.32. The fraction of sp³-hybridized carbons (Fsp3) is 0.765. The van der Waals surface area contributed by atoms with Crippen molar-refractivity contribution in [1.29, 1.82) is 0 Å². The van der Waals surface area contributed by atoms with Crippen LogP contribution in [0.4, 0.5) is 0 Å². The molecule has 1 aliphatic heterocycles. The van der Waals surface area contributed by atoms with Crippen LogP contribution in [0.2, 0.25) is 0 Å². The van der Waals surface area contributed by atoms with Crippen LogP contribution in [0.3, 0.4) is 0 Å². The second-order valence-electron chi connectivity index (χ2n) is 6.63. The van der Waals surface area contributed by atoms with Gasteiger partial charge in [0.1, 0.15) is 0 Å². The molecule has 2 heterocycles. The Morgan fingerprint density at radius 1 is 1.40 bits per heavy atom. The molecule has 0 aromatic carbocycles. The minimum atomic E-state index is 0.486. The molecule has 0 amide bonds. The van der Waals surface area contributed by atoms with Crippen molar-refractivity contribution in [3.05, 3.63) is 22.4 Å². The topological polar surface area (TPSA) is 15.3 Å². The van der Waals surface area contributed by atoms with E-state index in [1.807, 2.05) is 11.3 Å². The SMILES string of the molecule is CCCC1CN(CCc2ccsc2)C2(CCCC2)CN1. The van der Waals surface area contributed by atoms with E-state index < -0.39 is 0 Å². The highest BCUT2D eigenvalue weighted by Crippen LogP contribution is 2.37. The summed E-state index contributed by atoms with van der Waals surface area (Å²) in [5.74, 6) is 0. The summed E-state index contributed by atoms with van der Waals surface area (Å²) in [7, 11) is 0. The number of hydrogen-bond donors (Lipinski definition) is 1. The van der Waals surface area contributed by atoms with E-state index >= 15 is 0 Å². The molecule has 1 aromatic rings. The van der Waals surface area contributed by atoms with Crippen LogP contribution in [0, 0.1) is 0 Å². The standard InChI is InChI=1S/C17H28N2S/c1-2-5-16-12-19(10-6-15-7-11-20-13-15)17(14-18-16)8-3-4-9-17/h7,11,13,16,18H,2-6,8-10,12,14H2,1H3. The van der Waals surface area contributed by atoms with Crippen molar-refractivity contribution in [1.82, 2.24) is 10.2 Å². The zero-order valence-corrected chi connectivity index (χ0v) is 13.6. The summed E-state index contributed by atoms with van der Waals surface area (Å²) in [6.45, 7) is 6.04. The van der Waals surface area contributed by atoms with Crippen LogP contribution in [-0.2, 0) is 6.42 Å². The number of hydrogen-bond acceptors (Lipinski definition) is 3. The molecule has 1 aliphatic carbocycles. The number of nitrogens with one attached hydrogen (secondary N) is 1. The molecule has 1 spiro atoms. The molecule has 1 saturated carbocycles. The molecule has 1 saturated heterocycles. The first-order chi connectivity index (χ1) is 9.82. The van der Waals surface area contributed by atoms with Crippen LogP contribution >= 0.6 is 11.3 Å².